The van der Waals surface area contributed by atoms with Crippen LogP contribution in [-0.4, -0.2) is 11.3 Å². The predicted molar refractivity (Wildman–Crippen MR) is 79.5 cm³/mol. The van der Waals surface area contributed by atoms with Crippen LogP contribution in [0, 0.1) is 0 Å². The third kappa shape index (κ3) is 2.82. The summed E-state index contributed by atoms with van der Waals surface area (Å²) in [5.41, 5.74) is 2.58. The number of carboxylic acid groups (broad SMARTS) is 1. The van der Waals surface area contributed by atoms with E-state index in [0.29, 0.717) is 5.75 Å². The van der Waals surface area contributed by atoms with Crippen LogP contribution in [0.3, 0.4) is 0 Å². The summed E-state index contributed by atoms with van der Waals surface area (Å²) in [5, 5.41) is 8.89. The molecule has 0 bridgehead atoms. The summed E-state index contributed by atoms with van der Waals surface area (Å²) in [4.78, 5) is 10.9. The highest BCUT2D eigenvalue weighted by Gasteiger charge is 2.34. The molecule has 1 aromatic rings. The van der Waals surface area contributed by atoms with Crippen molar-refractivity contribution in [3.05, 3.63) is 29.3 Å². The number of hydrogen-bond donors (Lipinski definition) is 1. The molecule has 0 aliphatic heterocycles. The number of rotatable bonds is 4. The molecule has 3 heteroatoms. The van der Waals surface area contributed by atoms with Gasteiger partial charge in [0, 0.05) is 0 Å². The third-order valence-corrected chi connectivity index (χ3v) is 4.74. The molecule has 1 N–H and O–H groups in total. The number of hydrogen-bond acceptors (Lipinski definition) is 2. The van der Waals surface area contributed by atoms with Gasteiger partial charge in [-0.2, -0.15) is 0 Å². The van der Waals surface area contributed by atoms with Crippen molar-refractivity contribution >= 4 is 6.16 Å². The van der Waals surface area contributed by atoms with E-state index in [-0.39, 0.29) is 5.41 Å². The van der Waals surface area contributed by atoms with Crippen LogP contribution in [-0.2, 0) is 11.8 Å². The predicted octanol–water partition coefficient (Wildman–Crippen LogP) is 4.92. The summed E-state index contributed by atoms with van der Waals surface area (Å²) in [6.45, 7) is 4.31. The first-order valence-electron chi connectivity index (χ1n) is 7.66. The molecule has 0 spiro atoms. The fourth-order valence-electron chi connectivity index (χ4n) is 3.66. The minimum absolute atomic E-state index is 0.210. The molecule has 0 unspecified atom stereocenters. The molecule has 2 rings (SSSR count). The summed E-state index contributed by atoms with van der Waals surface area (Å²) in [6, 6.07) is 5.86. The molecule has 1 aromatic carbocycles. The van der Waals surface area contributed by atoms with Gasteiger partial charge in [0.1, 0.15) is 5.75 Å². The molecule has 3 nitrogen and oxygen atoms in total. The van der Waals surface area contributed by atoms with Crippen molar-refractivity contribution in [3.8, 4) is 5.75 Å². The van der Waals surface area contributed by atoms with Gasteiger partial charge in [0.15, 0.2) is 0 Å². The van der Waals surface area contributed by atoms with Gasteiger partial charge in [-0.25, -0.2) is 4.79 Å². The second kappa shape index (κ2) is 6.29. The molecular weight excluding hydrogens is 252 g/mol. The maximum absolute atomic E-state index is 10.9. The fraction of sp³-hybridized carbons (Fsp3) is 0.588. The standard InChI is InChI=1S/C17H24O3/c1-3-13-14(9-8-10-15(13)20-16(18)19)17(4-2)11-6-5-7-12-17/h8-10H,3-7,11-12H2,1-2H3,(H,18,19). The zero-order valence-electron chi connectivity index (χ0n) is 12.4. The van der Waals surface area contributed by atoms with Crippen LogP contribution in [0.15, 0.2) is 18.2 Å². The molecule has 1 aliphatic rings. The Hall–Kier alpha value is -1.51. The molecule has 1 fully saturated rings. The Labute approximate surface area is 121 Å². The van der Waals surface area contributed by atoms with E-state index in [1.807, 2.05) is 6.07 Å². The van der Waals surface area contributed by atoms with Gasteiger partial charge in [-0.05, 0) is 48.3 Å². The Balaban J connectivity index is 2.46. The lowest BCUT2D eigenvalue weighted by Crippen LogP contribution is -2.29. The first kappa shape index (κ1) is 14.9. The number of carbonyl (C=O) groups is 1. The Morgan fingerprint density at radius 2 is 1.95 bits per heavy atom. The van der Waals surface area contributed by atoms with Crippen molar-refractivity contribution in [1.29, 1.82) is 0 Å². The molecule has 1 aliphatic carbocycles. The van der Waals surface area contributed by atoms with E-state index in [1.54, 1.807) is 6.07 Å². The van der Waals surface area contributed by atoms with E-state index in [2.05, 4.69) is 19.9 Å². The van der Waals surface area contributed by atoms with Gasteiger partial charge in [-0.15, -0.1) is 0 Å². The van der Waals surface area contributed by atoms with E-state index in [9.17, 15) is 4.79 Å². The minimum atomic E-state index is -1.23. The molecule has 0 radical (unpaired) electrons. The second-order valence-electron chi connectivity index (χ2n) is 5.70. The molecule has 0 atom stereocenters. The smallest absolute Gasteiger partial charge is 0.449 e. The Morgan fingerprint density at radius 1 is 1.25 bits per heavy atom. The van der Waals surface area contributed by atoms with Gasteiger partial charge in [0.25, 0.3) is 0 Å². The van der Waals surface area contributed by atoms with Crippen molar-refractivity contribution in [2.75, 3.05) is 0 Å². The Bertz CT molecular complexity index is 473. The molecular formula is C17H24O3. The summed E-state index contributed by atoms with van der Waals surface area (Å²) in [7, 11) is 0. The van der Waals surface area contributed by atoms with E-state index in [1.165, 1.54) is 37.7 Å². The van der Waals surface area contributed by atoms with Crippen molar-refractivity contribution < 1.29 is 14.6 Å². The molecule has 1 saturated carbocycles. The van der Waals surface area contributed by atoms with Gasteiger partial charge in [0.05, 0.1) is 0 Å². The highest BCUT2D eigenvalue weighted by Crippen LogP contribution is 2.45. The van der Waals surface area contributed by atoms with Gasteiger partial charge >= 0.3 is 6.16 Å². The van der Waals surface area contributed by atoms with Crippen molar-refractivity contribution in [1.82, 2.24) is 0 Å². The quantitative estimate of drug-likeness (QED) is 0.627. The summed E-state index contributed by atoms with van der Waals surface area (Å²) < 4.78 is 4.97. The topological polar surface area (TPSA) is 46.5 Å². The average molecular weight is 276 g/mol. The third-order valence-electron chi connectivity index (χ3n) is 4.74. The highest BCUT2D eigenvalue weighted by molar-refractivity contribution is 5.62. The lowest BCUT2D eigenvalue weighted by Gasteiger charge is -2.38. The summed E-state index contributed by atoms with van der Waals surface area (Å²) >= 11 is 0. The van der Waals surface area contributed by atoms with Crippen LogP contribution in [0.5, 0.6) is 5.75 Å². The van der Waals surface area contributed by atoms with Gasteiger partial charge < -0.3 is 9.84 Å². The van der Waals surface area contributed by atoms with Crippen LogP contribution in [0.1, 0.15) is 63.5 Å². The molecule has 110 valence electrons. The van der Waals surface area contributed by atoms with E-state index < -0.39 is 6.16 Å². The van der Waals surface area contributed by atoms with Crippen molar-refractivity contribution in [2.24, 2.45) is 0 Å². The van der Waals surface area contributed by atoms with Crippen molar-refractivity contribution in [2.45, 2.75) is 64.2 Å². The van der Waals surface area contributed by atoms with E-state index >= 15 is 0 Å². The molecule has 0 aromatic heterocycles. The molecule has 0 amide bonds. The monoisotopic (exact) mass is 276 g/mol. The zero-order valence-corrected chi connectivity index (χ0v) is 12.4. The van der Waals surface area contributed by atoms with Crippen LogP contribution in [0.4, 0.5) is 4.79 Å². The first-order valence-corrected chi connectivity index (χ1v) is 7.66. The maximum atomic E-state index is 10.9. The van der Waals surface area contributed by atoms with Crippen LogP contribution >= 0.6 is 0 Å². The minimum Gasteiger partial charge on any atom is -0.449 e. The van der Waals surface area contributed by atoms with Crippen molar-refractivity contribution in [3.63, 3.8) is 0 Å². The normalized spacial score (nSPS) is 17.7. The second-order valence-corrected chi connectivity index (χ2v) is 5.70. The van der Waals surface area contributed by atoms with E-state index in [0.717, 1.165) is 18.4 Å². The highest BCUT2D eigenvalue weighted by atomic mass is 16.7. The first-order chi connectivity index (χ1) is 9.63. The lowest BCUT2D eigenvalue weighted by molar-refractivity contribution is 0.144. The Kier molecular flexibility index (Phi) is 4.69. The summed E-state index contributed by atoms with van der Waals surface area (Å²) in [5.74, 6) is 0.510. The zero-order chi connectivity index (χ0) is 14.6. The van der Waals surface area contributed by atoms with Crippen LogP contribution in [0.2, 0.25) is 0 Å². The molecule has 0 heterocycles. The van der Waals surface area contributed by atoms with E-state index in [4.69, 9.17) is 9.84 Å². The van der Waals surface area contributed by atoms with Gasteiger partial charge in [-0.1, -0.05) is 45.2 Å². The van der Waals surface area contributed by atoms with Gasteiger partial charge in [-0.3, -0.25) is 0 Å². The lowest BCUT2D eigenvalue weighted by atomic mass is 9.66. The molecule has 20 heavy (non-hydrogen) atoms. The molecule has 0 saturated heterocycles. The SMILES string of the molecule is CCc1c(OC(=O)O)cccc1C1(CC)CCCCC1. The summed E-state index contributed by atoms with van der Waals surface area (Å²) in [6.07, 6.45) is 6.93. The largest absolute Gasteiger partial charge is 0.511 e. The van der Waals surface area contributed by atoms with Crippen LogP contribution in [0.25, 0.3) is 0 Å². The average Bonchev–Trinajstić information content (AvgIpc) is 2.47. The van der Waals surface area contributed by atoms with Crippen LogP contribution < -0.4 is 4.74 Å². The number of benzene rings is 1. The van der Waals surface area contributed by atoms with Gasteiger partial charge in [0.2, 0.25) is 0 Å². The Morgan fingerprint density at radius 3 is 2.50 bits per heavy atom. The fourth-order valence-corrected chi connectivity index (χ4v) is 3.66. The maximum Gasteiger partial charge on any atom is 0.511 e. The number of ether oxygens (including phenoxy) is 1.